The molecule has 9 nitrogen and oxygen atoms in total. The minimum Gasteiger partial charge on any atom is -0.354 e. The highest BCUT2D eigenvalue weighted by molar-refractivity contribution is 5.82. The number of alkyl halides is 3. The van der Waals surface area contributed by atoms with Crippen molar-refractivity contribution in [3.63, 3.8) is 0 Å². The quantitative estimate of drug-likeness (QED) is 0.717. The van der Waals surface area contributed by atoms with Gasteiger partial charge in [0.15, 0.2) is 0 Å². The maximum atomic E-state index is 13.4. The topological polar surface area (TPSA) is 109 Å². The molecule has 0 aromatic carbocycles. The SMILES string of the molecule is CC(C(=O)N(C)C1CCc2c1n[nH]c(=O)c2C(F)(F)F)N1CCN(c2ccc(C#N)cn2)CC1. The first-order valence-electron chi connectivity index (χ1n) is 10.9. The second-order valence-corrected chi connectivity index (χ2v) is 8.51. The van der Waals surface area contributed by atoms with Gasteiger partial charge in [-0.3, -0.25) is 14.5 Å². The van der Waals surface area contributed by atoms with Crippen LogP contribution in [0.1, 0.15) is 41.8 Å². The normalized spacial score (nSPS) is 19.4. The molecule has 1 N–H and O–H groups in total. The monoisotopic (exact) mass is 475 g/mol. The van der Waals surface area contributed by atoms with Crippen molar-refractivity contribution in [2.75, 3.05) is 38.1 Å². The molecule has 2 atom stereocenters. The molecule has 0 radical (unpaired) electrons. The first-order chi connectivity index (χ1) is 16.1. The molecule has 2 aromatic heterocycles. The minimum atomic E-state index is -4.78. The Morgan fingerprint density at radius 1 is 1.29 bits per heavy atom. The zero-order valence-electron chi connectivity index (χ0n) is 18.8. The molecule has 2 aromatic rings. The summed E-state index contributed by atoms with van der Waals surface area (Å²) in [6.07, 6.45) is -2.95. The Balaban J connectivity index is 1.43. The van der Waals surface area contributed by atoms with Crippen LogP contribution in [-0.4, -0.2) is 70.2 Å². The predicted molar refractivity (Wildman–Crippen MR) is 116 cm³/mol. The van der Waals surface area contributed by atoms with Crippen LogP contribution in [0.5, 0.6) is 0 Å². The minimum absolute atomic E-state index is 0.0357. The van der Waals surface area contributed by atoms with E-state index in [1.807, 2.05) is 16.1 Å². The number of anilines is 1. The summed E-state index contributed by atoms with van der Waals surface area (Å²) in [5, 5.41) is 14.7. The molecule has 4 rings (SSSR count). The number of hydrogen-bond donors (Lipinski definition) is 1. The Labute approximate surface area is 193 Å². The number of pyridine rings is 1. The van der Waals surface area contributed by atoms with Crippen molar-refractivity contribution in [3.05, 3.63) is 51.1 Å². The van der Waals surface area contributed by atoms with Crippen LogP contribution in [0.4, 0.5) is 19.0 Å². The summed E-state index contributed by atoms with van der Waals surface area (Å²) in [5.41, 5.74) is -2.02. The lowest BCUT2D eigenvalue weighted by Crippen LogP contribution is -2.54. The van der Waals surface area contributed by atoms with Crippen LogP contribution in [-0.2, 0) is 17.4 Å². The van der Waals surface area contributed by atoms with Gasteiger partial charge in [0.2, 0.25) is 5.91 Å². The smallest absolute Gasteiger partial charge is 0.354 e. The summed E-state index contributed by atoms with van der Waals surface area (Å²) in [7, 11) is 1.57. The van der Waals surface area contributed by atoms with Gasteiger partial charge in [0.25, 0.3) is 5.56 Å². The molecule has 1 aliphatic heterocycles. The molecule has 1 saturated heterocycles. The van der Waals surface area contributed by atoms with Gasteiger partial charge in [0, 0.05) is 39.4 Å². The molecule has 2 aliphatic rings. The first-order valence-corrected chi connectivity index (χ1v) is 10.9. The highest BCUT2D eigenvalue weighted by atomic mass is 19.4. The summed E-state index contributed by atoms with van der Waals surface area (Å²) in [4.78, 5) is 34.8. The van der Waals surface area contributed by atoms with Gasteiger partial charge in [-0.25, -0.2) is 10.1 Å². The van der Waals surface area contributed by atoms with Gasteiger partial charge in [0.1, 0.15) is 17.5 Å². The Bertz CT molecular complexity index is 1160. The zero-order valence-corrected chi connectivity index (χ0v) is 18.8. The molecule has 2 unspecified atom stereocenters. The van der Waals surface area contributed by atoms with Crippen LogP contribution in [0.3, 0.4) is 0 Å². The van der Waals surface area contributed by atoms with Gasteiger partial charge in [-0.05, 0) is 37.5 Å². The fourth-order valence-electron chi connectivity index (χ4n) is 4.70. The molecule has 1 aliphatic carbocycles. The summed E-state index contributed by atoms with van der Waals surface area (Å²) in [6.45, 7) is 4.28. The highest BCUT2D eigenvalue weighted by Gasteiger charge is 2.43. The number of fused-ring (bicyclic) bond motifs is 1. The van der Waals surface area contributed by atoms with Crippen molar-refractivity contribution in [2.45, 2.75) is 38.0 Å². The van der Waals surface area contributed by atoms with Crippen molar-refractivity contribution >= 4 is 11.7 Å². The molecular formula is C22H24F3N7O2. The van der Waals surface area contributed by atoms with Gasteiger partial charge in [-0.2, -0.15) is 23.5 Å². The predicted octanol–water partition coefficient (Wildman–Crippen LogP) is 1.71. The number of carbonyl (C=O) groups excluding carboxylic acids is 1. The molecule has 1 fully saturated rings. The Morgan fingerprint density at radius 2 is 2.00 bits per heavy atom. The van der Waals surface area contributed by atoms with E-state index in [0.717, 1.165) is 5.82 Å². The van der Waals surface area contributed by atoms with Crippen molar-refractivity contribution in [2.24, 2.45) is 0 Å². The van der Waals surface area contributed by atoms with Gasteiger partial charge >= 0.3 is 6.18 Å². The van der Waals surface area contributed by atoms with Crippen molar-refractivity contribution in [1.29, 1.82) is 5.26 Å². The number of halogens is 3. The Hall–Kier alpha value is -3.46. The van der Waals surface area contributed by atoms with E-state index < -0.39 is 29.4 Å². The van der Waals surface area contributed by atoms with Gasteiger partial charge in [-0.15, -0.1) is 0 Å². The van der Waals surface area contributed by atoms with Crippen LogP contribution in [0.25, 0.3) is 0 Å². The number of amides is 1. The molecule has 0 bridgehead atoms. The third-order valence-corrected chi connectivity index (χ3v) is 6.62. The number of nitrogens with one attached hydrogen (secondary N) is 1. The number of aromatic nitrogens is 3. The number of likely N-dealkylation sites (N-methyl/N-ethyl adjacent to an activating group) is 1. The molecule has 0 saturated carbocycles. The van der Waals surface area contributed by atoms with Crippen molar-refractivity contribution < 1.29 is 18.0 Å². The number of carbonyl (C=O) groups is 1. The number of rotatable bonds is 4. The number of hydrogen-bond acceptors (Lipinski definition) is 7. The van der Waals surface area contributed by atoms with E-state index in [1.54, 1.807) is 26.1 Å². The van der Waals surface area contributed by atoms with Gasteiger partial charge in [0.05, 0.1) is 23.3 Å². The van der Waals surface area contributed by atoms with Gasteiger partial charge < -0.3 is 9.80 Å². The van der Waals surface area contributed by atoms with E-state index in [0.29, 0.717) is 31.7 Å². The Morgan fingerprint density at radius 3 is 2.59 bits per heavy atom. The zero-order chi connectivity index (χ0) is 24.6. The average molecular weight is 475 g/mol. The Kier molecular flexibility index (Phi) is 6.31. The number of aromatic amines is 1. The molecule has 34 heavy (non-hydrogen) atoms. The standard InChI is InChI=1S/C22H24F3N7O2/c1-13(31-7-9-32(10-8-31)17-6-3-14(11-26)12-27-17)21(34)30(2)16-5-4-15-18(22(23,24)25)20(33)29-28-19(15)16/h3,6,12-13,16H,4-5,7-10H2,1-2H3,(H,29,33). The second-order valence-electron chi connectivity index (χ2n) is 8.51. The maximum absolute atomic E-state index is 13.4. The molecule has 180 valence electrons. The number of nitriles is 1. The van der Waals surface area contributed by atoms with E-state index in [-0.39, 0.29) is 30.0 Å². The molecule has 0 spiro atoms. The number of nitrogens with zero attached hydrogens (tertiary/aromatic N) is 6. The van der Waals surface area contributed by atoms with E-state index in [9.17, 15) is 22.8 Å². The van der Waals surface area contributed by atoms with Gasteiger partial charge in [-0.1, -0.05) is 0 Å². The summed E-state index contributed by atoms with van der Waals surface area (Å²) >= 11 is 0. The van der Waals surface area contributed by atoms with E-state index in [1.165, 1.54) is 11.1 Å². The molecule has 12 heteroatoms. The first kappa shape index (κ1) is 23.7. The van der Waals surface area contributed by atoms with E-state index in [2.05, 4.69) is 15.0 Å². The lowest BCUT2D eigenvalue weighted by atomic mass is 10.1. The third kappa shape index (κ3) is 4.35. The van der Waals surface area contributed by atoms with Crippen LogP contribution in [0.15, 0.2) is 23.1 Å². The highest BCUT2D eigenvalue weighted by Crippen LogP contribution is 2.39. The van der Waals surface area contributed by atoms with E-state index >= 15 is 0 Å². The summed E-state index contributed by atoms with van der Waals surface area (Å²) in [5.74, 6) is 0.544. The lowest BCUT2D eigenvalue weighted by molar-refractivity contribution is -0.139. The van der Waals surface area contributed by atoms with Crippen LogP contribution < -0.4 is 10.5 Å². The van der Waals surface area contributed by atoms with Crippen LogP contribution >= 0.6 is 0 Å². The van der Waals surface area contributed by atoms with Crippen molar-refractivity contribution in [1.82, 2.24) is 25.0 Å². The lowest BCUT2D eigenvalue weighted by Gasteiger charge is -2.39. The summed E-state index contributed by atoms with van der Waals surface area (Å²) < 4.78 is 40.2. The molecule has 3 heterocycles. The summed E-state index contributed by atoms with van der Waals surface area (Å²) in [6, 6.07) is 4.43. The molecule has 1 amide bonds. The van der Waals surface area contributed by atoms with Crippen LogP contribution in [0, 0.1) is 11.3 Å². The largest absolute Gasteiger partial charge is 0.422 e. The number of piperazine rings is 1. The third-order valence-electron chi connectivity index (χ3n) is 6.62. The molecular weight excluding hydrogens is 451 g/mol. The van der Waals surface area contributed by atoms with E-state index in [4.69, 9.17) is 5.26 Å². The van der Waals surface area contributed by atoms with Crippen molar-refractivity contribution in [3.8, 4) is 6.07 Å². The fraction of sp³-hybridized carbons (Fsp3) is 0.500. The maximum Gasteiger partial charge on any atom is 0.422 e. The second kappa shape index (κ2) is 9.06. The fourth-order valence-corrected chi connectivity index (χ4v) is 4.70. The average Bonchev–Trinajstić information content (AvgIpc) is 3.25. The number of H-pyrrole nitrogens is 1. The van der Waals surface area contributed by atoms with Crippen LogP contribution in [0.2, 0.25) is 0 Å².